The molecule has 0 spiro atoms. The number of hydrogen-bond acceptors (Lipinski definition) is 10. The van der Waals surface area contributed by atoms with Crippen LogP contribution in [0.15, 0.2) is 48.8 Å². The molecule has 4 aromatic rings. The van der Waals surface area contributed by atoms with Crippen LogP contribution >= 0.6 is 0 Å². The average Bonchev–Trinajstić information content (AvgIpc) is 3.73. The highest BCUT2D eigenvalue weighted by Gasteiger charge is 2.41. The predicted octanol–water partition coefficient (Wildman–Crippen LogP) is 4.63. The van der Waals surface area contributed by atoms with Crippen molar-refractivity contribution in [2.75, 3.05) is 30.4 Å². The second-order valence-corrected chi connectivity index (χ2v) is 13.0. The van der Waals surface area contributed by atoms with Gasteiger partial charge in [0, 0.05) is 56.8 Å². The number of nitriles is 1. The third kappa shape index (κ3) is 6.72. The summed E-state index contributed by atoms with van der Waals surface area (Å²) in [5.74, 6) is 1.57. The monoisotopic (exact) mass is 661 g/mol. The number of aromatic nitrogens is 4. The summed E-state index contributed by atoms with van der Waals surface area (Å²) in [6, 6.07) is 13.6. The molecule has 3 atom stereocenters. The maximum absolute atomic E-state index is 14.5. The lowest BCUT2D eigenvalue weighted by Gasteiger charge is -2.24. The highest BCUT2D eigenvalue weighted by Crippen LogP contribution is 2.44. The van der Waals surface area contributed by atoms with Crippen LogP contribution in [0.25, 0.3) is 22.5 Å². The number of fused-ring (bicyclic) bond motifs is 1. The van der Waals surface area contributed by atoms with Gasteiger partial charge >= 0.3 is 6.18 Å². The van der Waals surface area contributed by atoms with Gasteiger partial charge in [0.1, 0.15) is 24.2 Å². The molecule has 2 aliphatic heterocycles. The minimum Gasteiger partial charge on any atom is -0.378 e. The van der Waals surface area contributed by atoms with Gasteiger partial charge in [0.25, 0.3) is 0 Å². The van der Waals surface area contributed by atoms with Gasteiger partial charge in [-0.05, 0) is 77.7 Å². The standard InChI is InChI=1S/C34H38F3N9O2/c1-19(2)14-40-29-10-22(25-7-20(13-38)5-6-24(25)32-43-41-18-45(32)4)11-30(42-29)46-17-27-26(33(46)48)8-21(9-28(27)34(35,36)37)15-39-23-12-31(47)44(3)16-23/h5-11,18-19,23,31,33,39,47-48H,12,14-17H2,1-4H3,(H,40,42). The molecule has 1 saturated heterocycles. The Balaban J connectivity index is 1.41. The number of likely N-dealkylation sites (N-methyl/N-ethyl adjacent to an activating group) is 1. The van der Waals surface area contributed by atoms with E-state index < -0.39 is 24.2 Å². The van der Waals surface area contributed by atoms with Crippen LogP contribution in [0.1, 0.15) is 54.3 Å². The maximum Gasteiger partial charge on any atom is 0.416 e. The van der Waals surface area contributed by atoms with Gasteiger partial charge in [0.05, 0.1) is 17.2 Å². The van der Waals surface area contributed by atoms with E-state index in [1.807, 2.05) is 19.9 Å². The van der Waals surface area contributed by atoms with Gasteiger partial charge in [-0.15, -0.1) is 10.2 Å². The number of pyridine rings is 1. The molecule has 0 saturated carbocycles. The molecule has 0 amide bonds. The first-order valence-electron chi connectivity index (χ1n) is 15.8. The Bertz CT molecular complexity index is 1840. The van der Waals surface area contributed by atoms with Gasteiger partial charge in [0.15, 0.2) is 12.1 Å². The molecular formula is C34H38F3N9O2. The van der Waals surface area contributed by atoms with Crippen molar-refractivity contribution in [2.24, 2.45) is 13.0 Å². The maximum atomic E-state index is 14.5. The quantitative estimate of drug-likeness (QED) is 0.201. The van der Waals surface area contributed by atoms with Crippen LogP contribution in [0.5, 0.6) is 0 Å². The molecule has 48 heavy (non-hydrogen) atoms. The largest absolute Gasteiger partial charge is 0.416 e. The highest BCUT2D eigenvalue weighted by atomic mass is 19.4. The molecule has 252 valence electrons. The van der Waals surface area contributed by atoms with E-state index in [0.717, 1.165) is 6.07 Å². The van der Waals surface area contributed by atoms with Crippen LogP contribution in [0.2, 0.25) is 0 Å². The molecule has 2 aromatic heterocycles. The van der Waals surface area contributed by atoms with Crippen molar-refractivity contribution in [3.05, 3.63) is 76.6 Å². The SMILES string of the molecule is CC(C)CNc1cc(-c2cc(C#N)ccc2-c2nncn2C)cc(N2Cc3c(cc(CNC4CC(O)N(C)C4)cc3C(F)(F)F)C2O)n1. The van der Waals surface area contributed by atoms with E-state index in [2.05, 4.69) is 26.9 Å². The van der Waals surface area contributed by atoms with E-state index in [1.165, 1.54) is 4.90 Å². The summed E-state index contributed by atoms with van der Waals surface area (Å²) in [6.07, 6.45) is -4.62. The van der Waals surface area contributed by atoms with E-state index in [-0.39, 0.29) is 42.0 Å². The number of anilines is 2. The van der Waals surface area contributed by atoms with Crippen molar-refractivity contribution in [2.45, 2.75) is 58.0 Å². The minimum atomic E-state index is -4.65. The molecule has 4 heterocycles. The zero-order valence-corrected chi connectivity index (χ0v) is 27.1. The van der Waals surface area contributed by atoms with Crippen molar-refractivity contribution >= 4 is 11.6 Å². The van der Waals surface area contributed by atoms with E-state index in [1.54, 1.807) is 60.2 Å². The zero-order valence-electron chi connectivity index (χ0n) is 27.1. The number of aliphatic hydroxyl groups excluding tert-OH is 2. The molecule has 2 aliphatic rings. The number of nitrogens with zero attached hydrogens (tertiary/aromatic N) is 7. The third-order valence-corrected chi connectivity index (χ3v) is 8.87. The van der Waals surface area contributed by atoms with Crippen molar-refractivity contribution in [3.63, 3.8) is 0 Å². The normalized spacial score (nSPS) is 19.6. The number of aliphatic hydroxyl groups is 2. The second kappa shape index (κ2) is 13.2. The molecule has 0 radical (unpaired) electrons. The summed E-state index contributed by atoms with van der Waals surface area (Å²) >= 11 is 0. The first-order chi connectivity index (χ1) is 22.8. The average molecular weight is 662 g/mol. The summed E-state index contributed by atoms with van der Waals surface area (Å²) in [5, 5.41) is 46.2. The van der Waals surface area contributed by atoms with Gasteiger partial charge in [0.2, 0.25) is 0 Å². The van der Waals surface area contributed by atoms with E-state index >= 15 is 0 Å². The summed E-state index contributed by atoms with van der Waals surface area (Å²) in [6.45, 7) is 5.16. The number of benzene rings is 2. The molecule has 1 fully saturated rings. The Morgan fingerprint density at radius 1 is 1.08 bits per heavy atom. The fourth-order valence-electron chi connectivity index (χ4n) is 6.33. The van der Waals surface area contributed by atoms with Gasteiger partial charge < -0.3 is 30.3 Å². The third-order valence-electron chi connectivity index (χ3n) is 8.87. The van der Waals surface area contributed by atoms with Crippen LogP contribution in [0.4, 0.5) is 24.8 Å². The molecule has 2 aromatic carbocycles. The smallest absolute Gasteiger partial charge is 0.378 e. The Morgan fingerprint density at radius 3 is 2.52 bits per heavy atom. The van der Waals surface area contributed by atoms with Gasteiger partial charge in [-0.25, -0.2) is 4.98 Å². The van der Waals surface area contributed by atoms with Crippen molar-refractivity contribution in [3.8, 4) is 28.6 Å². The van der Waals surface area contributed by atoms with Crippen molar-refractivity contribution in [1.29, 1.82) is 5.26 Å². The van der Waals surface area contributed by atoms with Crippen LogP contribution in [-0.4, -0.2) is 67.3 Å². The van der Waals surface area contributed by atoms with Gasteiger partial charge in [-0.3, -0.25) is 4.90 Å². The van der Waals surface area contributed by atoms with Gasteiger partial charge in [-0.2, -0.15) is 18.4 Å². The van der Waals surface area contributed by atoms with E-state index in [9.17, 15) is 28.6 Å². The lowest BCUT2D eigenvalue weighted by atomic mass is 9.97. The molecule has 0 aliphatic carbocycles. The topological polar surface area (TPSA) is 138 Å². The van der Waals surface area contributed by atoms with Crippen molar-refractivity contribution in [1.82, 2.24) is 30.0 Å². The minimum absolute atomic E-state index is 0.00934. The molecule has 0 bridgehead atoms. The number of aryl methyl sites for hydroxylation is 1. The Morgan fingerprint density at radius 2 is 1.88 bits per heavy atom. The fourth-order valence-corrected chi connectivity index (χ4v) is 6.33. The van der Waals surface area contributed by atoms with Crippen molar-refractivity contribution < 1.29 is 23.4 Å². The zero-order chi connectivity index (χ0) is 34.3. The summed E-state index contributed by atoms with van der Waals surface area (Å²) in [7, 11) is 3.60. The molecule has 14 heteroatoms. The van der Waals surface area contributed by atoms with E-state index in [0.29, 0.717) is 59.0 Å². The fraction of sp³-hybridized carbons (Fsp3) is 0.412. The molecule has 4 N–H and O–H groups in total. The summed E-state index contributed by atoms with van der Waals surface area (Å²) in [4.78, 5) is 7.99. The molecule has 3 unspecified atom stereocenters. The summed E-state index contributed by atoms with van der Waals surface area (Å²) < 4.78 is 45.3. The number of alkyl halides is 3. The Hall–Kier alpha value is -4.55. The Kier molecular flexibility index (Phi) is 9.14. The first-order valence-corrected chi connectivity index (χ1v) is 15.8. The number of halogens is 3. The molecular weight excluding hydrogens is 623 g/mol. The molecule has 11 nitrogen and oxygen atoms in total. The van der Waals surface area contributed by atoms with E-state index in [4.69, 9.17) is 4.98 Å². The highest BCUT2D eigenvalue weighted by molar-refractivity contribution is 5.84. The van der Waals surface area contributed by atoms with Gasteiger partial charge in [-0.1, -0.05) is 13.8 Å². The van der Waals surface area contributed by atoms with Crippen LogP contribution in [0, 0.1) is 17.2 Å². The number of rotatable bonds is 9. The van der Waals surface area contributed by atoms with Crippen LogP contribution in [-0.2, 0) is 26.3 Å². The lowest BCUT2D eigenvalue weighted by Crippen LogP contribution is -2.31. The first kappa shape index (κ1) is 33.4. The van der Waals surface area contributed by atoms with Crippen LogP contribution in [0.3, 0.4) is 0 Å². The number of likely N-dealkylation sites (tertiary alicyclic amines) is 1. The lowest BCUT2D eigenvalue weighted by molar-refractivity contribution is -0.138. The summed E-state index contributed by atoms with van der Waals surface area (Å²) in [5.41, 5.74) is 2.13. The Labute approximate surface area is 276 Å². The second-order valence-electron chi connectivity index (χ2n) is 13.0. The number of nitrogens with one attached hydrogen (secondary N) is 2. The van der Waals surface area contributed by atoms with Crippen LogP contribution < -0.4 is 15.5 Å². The molecule has 6 rings (SSSR count). The number of hydrogen-bond donors (Lipinski definition) is 4. The predicted molar refractivity (Wildman–Crippen MR) is 174 cm³/mol.